The number of rotatable bonds is 11. The van der Waals surface area contributed by atoms with Crippen LogP contribution in [0.1, 0.15) is 112 Å². The predicted octanol–water partition coefficient (Wildman–Crippen LogP) is 15.2. The summed E-state index contributed by atoms with van der Waals surface area (Å²) in [5, 5.41) is 0. The van der Waals surface area contributed by atoms with Crippen molar-refractivity contribution in [1.29, 1.82) is 0 Å². The van der Waals surface area contributed by atoms with Gasteiger partial charge < -0.3 is 0 Å². The van der Waals surface area contributed by atoms with Gasteiger partial charge in [-0.05, 0) is 132 Å². The molecule has 2 aromatic heterocycles. The summed E-state index contributed by atoms with van der Waals surface area (Å²) in [7, 11) is 0. The van der Waals surface area contributed by atoms with Gasteiger partial charge in [0.1, 0.15) is 0 Å². The first-order valence-corrected chi connectivity index (χ1v) is 20.7. The van der Waals surface area contributed by atoms with Crippen molar-refractivity contribution in [3.8, 4) is 52.9 Å². The minimum absolute atomic E-state index is 0.112. The molecule has 0 fully saturated rings. The second kappa shape index (κ2) is 13.1. The van der Waals surface area contributed by atoms with Gasteiger partial charge in [0.15, 0.2) is 0 Å². The van der Waals surface area contributed by atoms with Gasteiger partial charge in [-0.3, -0.25) is 0 Å². The third-order valence-electron chi connectivity index (χ3n) is 11.8. The lowest BCUT2D eigenvalue weighted by molar-refractivity contribution is 0.435. The molecule has 0 amide bonds. The third kappa shape index (κ3) is 5.20. The van der Waals surface area contributed by atoms with Gasteiger partial charge in [-0.15, -0.1) is 22.7 Å². The molecule has 0 atom stereocenters. The monoisotopic (exact) mass is 690 g/mol. The first-order chi connectivity index (χ1) is 24.4. The molecule has 0 radical (unpaired) electrons. The summed E-state index contributed by atoms with van der Waals surface area (Å²) in [5.74, 6) is 0. The Morgan fingerprint density at radius 2 is 0.700 bits per heavy atom. The molecule has 254 valence electrons. The second-order valence-corrected chi connectivity index (χ2v) is 17.3. The summed E-state index contributed by atoms with van der Waals surface area (Å²) < 4.78 is 0. The molecule has 2 aliphatic carbocycles. The van der Waals surface area contributed by atoms with Crippen LogP contribution in [0.25, 0.3) is 52.9 Å². The smallest absolute Gasteiger partial charge is 0.0449 e. The molecule has 0 unspecified atom stereocenters. The van der Waals surface area contributed by atoms with E-state index in [1.807, 2.05) is 22.7 Å². The Balaban J connectivity index is 1.13. The van der Waals surface area contributed by atoms with Gasteiger partial charge in [-0.25, -0.2) is 0 Å². The molecule has 50 heavy (non-hydrogen) atoms. The van der Waals surface area contributed by atoms with E-state index in [0.29, 0.717) is 0 Å². The van der Waals surface area contributed by atoms with Gasteiger partial charge in [-0.2, -0.15) is 0 Å². The van der Waals surface area contributed by atoms with Gasteiger partial charge in [-0.1, -0.05) is 125 Å². The van der Waals surface area contributed by atoms with Crippen LogP contribution in [0.3, 0.4) is 0 Å². The van der Waals surface area contributed by atoms with Crippen molar-refractivity contribution in [1.82, 2.24) is 0 Å². The maximum Gasteiger partial charge on any atom is 0.0449 e. The number of benzene rings is 4. The standard InChI is InChI=1S/C48H50S2/c1-7-23-47(24-8-2)39-27-31(5)11-15-35(39)37-17-13-33(29-41(37)47)43-19-21-45(49-43)46-22-20-44(50-46)34-14-18-38-36-16-12-32(6)28-40(36)48(25-9-3,26-10-4)42(38)30-34/h11-22,27-30H,7-10,23-26H2,1-6H3. The van der Waals surface area contributed by atoms with E-state index in [4.69, 9.17) is 0 Å². The van der Waals surface area contributed by atoms with Gasteiger partial charge in [0.05, 0.1) is 0 Å². The largest absolute Gasteiger partial charge is 0.134 e. The van der Waals surface area contributed by atoms with Crippen LogP contribution in [0.2, 0.25) is 0 Å². The highest BCUT2D eigenvalue weighted by molar-refractivity contribution is 7.25. The van der Waals surface area contributed by atoms with Crippen molar-refractivity contribution in [3.63, 3.8) is 0 Å². The summed E-state index contributed by atoms with van der Waals surface area (Å²) in [6, 6.07) is 38.4. The van der Waals surface area contributed by atoms with E-state index < -0.39 is 0 Å². The van der Waals surface area contributed by atoms with E-state index in [0.717, 1.165) is 0 Å². The maximum absolute atomic E-state index is 2.55. The Labute approximate surface area is 308 Å². The first kappa shape index (κ1) is 33.4. The van der Waals surface area contributed by atoms with Gasteiger partial charge in [0.25, 0.3) is 0 Å². The number of fused-ring (bicyclic) bond motifs is 6. The normalized spacial score (nSPS) is 14.8. The van der Waals surface area contributed by atoms with Crippen LogP contribution in [-0.4, -0.2) is 0 Å². The van der Waals surface area contributed by atoms with E-state index >= 15 is 0 Å². The molecule has 0 saturated carbocycles. The van der Waals surface area contributed by atoms with Crippen LogP contribution in [0.4, 0.5) is 0 Å². The molecule has 2 aliphatic rings. The van der Waals surface area contributed by atoms with Crippen molar-refractivity contribution in [2.45, 2.75) is 104 Å². The zero-order valence-electron chi connectivity index (χ0n) is 30.7. The molecule has 0 bridgehead atoms. The van der Waals surface area contributed by atoms with Crippen LogP contribution in [-0.2, 0) is 10.8 Å². The van der Waals surface area contributed by atoms with E-state index in [-0.39, 0.29) is 10.8 Å². The average molecular weight is 691 g/mol. The molecule has 0 spiro atoms. The predicted molar refractivity (Wildman–Crippen MR) is 220 cm³/mol. The Bertz CT molecular complexity index is 2030. The topological polar surface area (TPSA) is 0 Å². The lowest BCUT2D eigenvalue weighted by Gasteiger charge is -2.32. The maximum atomic E-state index is 2.55. The van der Waals surface area contributed by atoms with E-state index in [1.165, 1.54) is 115 Å². The van der Waals surface area contributed by atoms with Crippen LogP contribution >= 0.6 is 22.7 Å². The van der Waals surface area contributed by atoms with E-state index in [9.17, 15) is 0 Å². The minimum Gasteiger partial charge on any atom is -0.134 e. The summed E-state index contributed by atoms with van der Waals surface area (Å²) in [6.45, 7) is 13.9. The molecule has 4 aromatic carbocycles. The lowest BCUT2D eigenvalue weighted by atomic mass is 9.71. The van der Waals surface area contributed by atoms with Crippen LogP contribution in [0.15, 0.2) is 97.1 Å². The van der Waals surface area contributed by atoms with Gasteiger partial charge in [0, 0.05) is 30.3 Å². The fourth-order valence-corrected chi connectivity index (χ4v) is 11.9. The van der Waals surface area contributed by atoms with Crippen LogP contribution in [0.5, 0.6) is 0 Å². The molecule has 6 aromatic rings. The van der Waals surface area contributed by atoms with Crippen LogP contribution < -0.4 is 0 Å². The molecule has 0 aliphatic heterocycles. The number of hydrogen-bond donors (Lipinski definition) is 0. The van der Waals surface area contributed by atoms with Crippen molar-refractivity contribution in [2.24, 2.45) is 0 Å². The molecule has 2 heteroatoms. The molecule has 2 heterocycles. The van der Waals surface area contributed by atoms with Crippen molar-refractivity contribution in [3.05, 3.63) is 130 Å². The van der Waals surface area contributed by atoms with Crippen LogP contribution in [0, 0.1) is 13.8 Å². The quantitative estimate of drug-likeness (QED) is 0.127. The highest BCUT2D eigenvalue weighted by Crippen LogP contribution is 2.57. The lowest BCUT2D eigenvalue weighted by Crippen LogP contribution is -2.25. The molecule has 8 rings (SSSR count). The molecule has 0 nitrogen and oxygen atoms in total. The summed E-state index contributed by atoms with van der Waals surface area (Å²) in [5.41, 5.74) is 17.7. The SMILES string of the molecule is CCCC1(CCC)c2cc(C)ccc2-c2ccc(-c3ccc(-c4ccc(-c5ccc6c(c5)C(CCC)(CCC)c5cc(C)ccc5-6)s4)s3)cc21. The average Bonchev–Trinajstić information content (AvgIpc) is 3.90. The van der Waals surface area contributed by atoms with E-state index in [2.05, 4.69) is 139 Å². The second-order valence-electron chi connectivity index (χ2n) is 15.1. The van der Waals surface area contributed by atoms with Crippen molar-refractivity contribution < 1.29 is 0 Å². The number of hydrogen-bond acceptors (Lipinski definition) is 2. The molecular formula is C48H50S2. The minimum atomic E-state index is 0.112. The molecule has 0 N–H and O–H groups in total. The Morgan fingerprint density at radius 1 is 0.380 bits per heavy atom. The fraction of sp³-hybridized carbons (Fsp3) is 0.333. The Hall–Kier alpha value is -3.72. The van der Waals surface area contributed by atoms with Gasteiger partial charge in [0.2, 0.25) is 0 Å². The first-order valence-electron chi connectivity index (χ1n) is 19.1. The highest BCUT2D eigenvalue weighted by atomic mass is 32.1. The van der Waals surface area contributed by atoms with Gasteiger partial charge >= 0.3 is 0 Å². The zero-order chi connectivity index (χ0) is 34.6. The Morgan fingerprint density at radius 3 is 1.06 bits per heavy atom. The van der Waals surface area contributed by atoms with E-state index in [1.54, 1.807) is 22.3 Å². The number of aryl methyl sites for hydroxylation is 2. The van der Waals surface area contributed by atoms with Crippen molar-refractivity contribution >= 4 is 22.7 Å². The third-order valence-corrected chi connectivity index (χ3v) is 14.2. The molecule has 0 saturated heterocycles. The van der Waals surface area contributed by atoms with Crippen molar-refractivity contribution in [2.75, 3.05) is 0 Å². The highest BCUT2D eigenvalue weighted by Gasteiger charge is 2.43. The summed E-state index contributed by atoms with van der Waals surface area (Å²) in [4.78, 5) is 5.45. The fourth-order valence-electron chi connectivity index (χ4n) is 9.81. The summed E-state index contributed by atoms with van der Waals surface area (Å²) in [6.07, 6.45) is 9.57. The summed E-state index contributed by atoms with van der Waals surface area (Å²) >= 11 is 3.89. The number of thiophene rings is 2. The zero-order valence-corrected chi connectivity index (χ0v) is 32.3. The Kier molecular flexibility index (Phi) is 8.77. The molecular weight excluding hydrogens is 641 g/mol.